The molecule has 2 rings (SSSR count). The molecule has 1 N–H and O–H groups in total. The van der Waals surface area contributed by atoms with E-state index < -0.39 is 11.4 Å². The summed E-state index contributed by atoms with van der Waals surface area (Å²) >= 11 is 0. The maximum atomic E-state index is 12.2. The van der Waals surface area contributed by atoms with E-state index in [1.54, 1.807) is 11.1 Å². The van der Waals surface area contributed by atoms with E-state index in [-0.39, 0.29) is 5.91 Å². The van der Waals surface area contributed by atoms with Crippen molar-refractivity contribution in [3.63, 3.8) is 0 Å². The molecule has 21 heavy (non-hydrogen) atoms. The summed E-state index contributed by atoms with van der Waals surface area (Å²) in [6, 6.07) is 5.68. The van der Waals surface area contributed by atoms with Gasteiger partial charge in [-0.25, -0.2) is 0 Å². The van der Waals surface area contributed by atoms with Crippen LogP contribution in [0.4, 0.5) is 0 Å². The topological polar surface area (TPSA) is 70.5 Å². The molecule has 0 aromatic carbocycles. The molecule has 1 aromatic heterocycles. The van der Waals surface area contributed by atoms with E-state index in [1.165, 1.54) is 0 Å². The lowest BCUT2D eigenvalue weighted by atomic mass is 9.76. The van der Waals surface area contributed by atoms with Gasteiger partial charge in [-0.05, 0) is 37.8 Å². The molecule has 1 saturated heterocycles. The van der Waals surface area contributed by atoms with Gasteiger partial charge in [0, 0.05) is 31.4 Å². The summed E-state index contributed by atoms with van der Waals surface area (Å²) in [6.45, 7) is 3.00. The molecule has 0 radical (unpaired) electrons. The van der Waals surface area contributed by atoms with Crippen molar-refractivity contribution in [1.29, 1.82) is 0 Å². The lowest BCUT2D eigenvalue weighted by Crippen LogP contribution is -2.46. The molecule has 1 aromatic rings. The Kier molecular flexibility index (Phi) is 4.94. The third kappa shape index (κ3) is 3.60. The predicted molar refractivity (Wildman–Crippen MR) is 78.7 cm³/mol. The number of carbonyl (C=O) groups is 2. The SMILES string of the molecule is CCC1(C(=O)O)CCN(C(=O)CCc2ccccn2)CC1. The number of rotatable bonds is 5. The van der Waals surface area contributed by atoms with Crippen LogP contribution in [0.3, 0.4) is 0 Å². The van der Waals surface area contributed by atoms with Crippen molar-refractivity contribution in [1.82, 2.24) is 9.88 Å². The third-order valence-electron chi connectivity index (χ3n) is 4.52. The van der Waals surface area contributed by atoms with Gasteiger partial charge >= 0.3 is 5.97 Å². The number of pyridine rings is 1. The third-order valence-corrected chi connectivity index (χ3v) is 4.52. The van der Waals surface area contributed by atoms with E-state index in [0.717, 1.165) is 5.69 Å². The Balaban J connectivity index is 1.84. The van der Waals surface area contributed by atoms with E-state index in [9.17, 15) is 14.7 Å². The number of hydrogen-bond acceptors (Lipinski definition) is 3. The molecule has 2 heterocycles. The minimum atomic E-state index is -0.731. The molecular formula is C16H22N2O3. The first-order chi connectivity index (χ1) is 10.1. The van der Waals surface area contributed by atoms with Crippen molar-refractivity contribution in [2.24, 2.45) is 5.41 Å². The van der Waals surface area contributed by atoms with Crippen molar-refractivity contribution in [3.05, 3.63) is 30.1 Å². The van der Waals surface area contributed by atoms with Crippen molar-refractivity contribution in [3.8, 4) is 0 Å². The quantitative estimate of drug-likeness (QED) is 0.901. The van der Waals surface area contributed by atoms with Crippen molar-refractivity contribution in [2.45, 2.75) is 39.0 Å². The van der Waals surface area contributed by atoms with Gasteiger partial charge in [-0.1, -0.05) is 13.0 Å². The number of aromatic nitrogens is 1. The summed E-state index contributed by atoms with van der Waals surface area (Å²) in [6.07, 6.45) is 4.51. The van der Waals surface area contributed by atoms with Crippen LogP contribution in [0.1, 0.15) is 38.3 Å². The number of nitrogens with zero attached hydrogens (tertiary/aromatic N) is 2. The number of amides is 1. The van der Waals surface area contributed by atoms with Gasteiger partial charge < -0.3 is 10.0 Å². The lowest BCUT2D eigenvalue weighted by molar-refractivity contribution is -0.154. The molecule has 1 fully saturated rings. The van der Waals surface area contributed by atoms with E-state index in [1.807, 2.05) is 25.1 Å². The van der Waals surface area contributed by atoms with Crippen LogP contribution < -0.4 is 0 Å². The lowest BCUT2D eigenvalue weighted by Gasteiger charge is -2.38. The number of carboxylic acids is 1. The van der Waals surface area contributed by atoms with Crippen LogP contribution in [0.2, 0.25) is 0 Å². The van der Waals surface area contributed by atoms with Crippen molar-refractivity contribution in [2.75, 3.05) is 13.1 Å². The molecule has 0 spiro atoms. The summed E-state index contributed by atoms with van der Waals surface area (Å²) < 4.78 is 0. The number of aliphatic carboxylic acids is 1. The average molecular weight is 290 g/mol. The number of hydrogen-bond donors (Lipinski definition) is 1. The zero-order valence-corrected chi connectivity index (χ0v) is 12.4. The summed E-state index contributed by atoms with van der Waals surface area (Å²) in [5.41, 5.74) is 0.272. The zero-order chi connectivity index (χ0) is 15.3. The Morgan fingerprint density at radius 3 is 2.57 bits per heavy atom. The molecule has 0 atom stereocenters. The summed E-state index contributed by atoms with van der Waals surface area (Å²) in [7, 11) is 0. The molecule has 5 nitrogen and oxygen atoms in total. The molecule has 0 aliphatic carbocycles. The Hall–Kier alpha value is -1.91. The molecule has 0 unspecified atom stereocenters. The van der Waals surface area contributed by atoms with Crippen molar-refractivity contribution < 1.29 is 14.7 Å². The van der Waals surface area contributed by atoms with Gasteiger partial charge in [-0.15, -0.1) is 0 Å². The maximum absolute atomic E-state index is 12.2. The second kappa shape index (κ2) is 6.70. The summed E-state index contributed by atoms with van der Waals surface area (Å²) in [5.74, 6) is -0.638. The average Bonchev–Trinajstić information content (AvgIpc) is 2.53. The Bertz CT molecular complexity index is 494. The summed E-state index contributed by atoms with van der Waals surface area (Å²) in [5, 5.41) is 9.35. The number of carbonyl (C=O) groups excluding carboxylic acids is 1. The van der Waals surface area contributed by atoms with E-state index in [2.05, 4.69) is 4.98 Å². The summed E-state index contributed by atoms with van der Waals surface area (Å²) in [4.78, 5) is 29.6. The highest BCUT2D eigenvalue weighted by atomic mass is 16.4. The van der Waals surface area contributed by atoms with E-state index in [0.29, 0.717) is 45.2 Å². The van der Waals surface area contributed by atoms with Gasteiger partial charge in [0.25, 0.3) is 0 Å². The smallest absolute Gasteiger partial charge is 0.309 e. The highest BCUT2D eigenvalue weighted by Crippen LogP contribution is 2.35. The molecule has 5 heteroatoms. The number of piperidine rings is 1. The second-order valence-electron chi connectivity index (χ2n) is 5.64. The van der Waals surface area contributed by atoms with Crippen LogP contribution >= 0.6 is 0 Å². The van der Waals surface area contributed by atoms with Gasteiger partial charge in [-0.3, -0.25) is 14.6 Å². The first-order valence-electron chi connectivity index (χ1n) is 7.48. The Labute approximate surface area is 125 Å². The highest BCUT2D eigenvalue weighted by molar-refractivity contribution is 5.78. The van der Waals surface area contributed by atoms with Crippen LogP contribution in [0.15, 0.2) is 24.4 Å². The number of aryl methyl sites for hydroxylation is 1. The zero-order valence-electron chi connectivity index (χ0n) is 12.4. The number of carboxylic acid groups (broad SMARTS) is 1. The maximum Gasteiger partial charge on any atom is 0.309 e. The minimum Gasteiger partial charge on any atom is -0.481 e. The molecule has 1 amide bonds. The molecular weight excluding hydrogens is 268 g/mol. The molecule has 114 valence electrons. The Morgan fingerprint density at radius 1 is 1.33 bits per heavy atom. The van der Waals surface area contributed by atoms with Crippen LogP contribution in [-0.2, 0) is 16.0 Å². The molecule has 1 aliphatic heterocycles. The van der Waals surface area contributed by atoms with Gasteiger partial charge in [0.1, 0.15) is 0 Å². The Morgan fingerprint density at radius 2 is 2.05 bits per heavy atom. The minimum absolute atomic E-state index is 0.0933. The van der Waals surface area contributed by atoms with Crippen LogP contribution in [0.5, 0.6) is 0 Å². The van der Waals surface area contributed by atoms with Crippen molar-refractivity contribution >= 4 is 11.9 Å². The van der Waals surface area contributed by atoms with Crippen LogP contribution in [-0.4, -0.2) is 40.0 Å². The first kappa shape index (κ1) is 15.5. The second-order valence-corrected chi connectivity index (χ2v) is 5.64. The fourth-order valence-corrected chi connectivity index (χ4v) is 2.84. The van der Waals surface area contributed by atoms with Crippen LogP contribution in [0, 0.1) is 5.41 Å². The normalized spacial score (nSPS) is 17.5. The standard InChI is InChI=1S/C16H22N2O3/c1-2-16(15(20)21)8-11-18(12-9-16)14(19)7-6-13-5-3-4-10-17-13/h3-5,10H,2,6-9,11-12H2,1H3,(H,20,21). The monoisotopic (exact) mass is 290 g/mol. The molecule has 0 saturated carbocycles. The predicted octanol–water partition coefficient (Wildman–Crippen LogP) is 2.12. The van der Waals surface area contributed by atoms with Gasteiger partial charge in [0.05, 0.1) is 5.41 Å². The van der Waals surface area contributed by atoms with E-state index >= 15 is 0 Å². The van der Waals surface area contributed by atoms with E-state index in [4.69, 9.17) is 0 Å². The first-order valence-corrected chi connectivity index (χ1v) is 7.48. The fourth-order valence-electron chi connectivity index (χ4n) is 2.84. The molecule has 1 aliphatic rings. The molecule has 0 bridgehead atoms. The van der Waals surface area contributed by atoms with Gasteiger partial charge in [0.15, 0.2) is 0 Å². The van der Waals surface area contributed by atoms with Gasteiger partial charge in [0.2, 0.25) is 5.91 Å². The van der Waals surface area contributed by atoms with Crippen LogP contribution in [0.25, 0.3) is 0 Å². The largest absolute Gasteiger partial charge is 0.481 e. The number of likely N-dealkylation sites (tertiary alicyclic amines) is 1. The fraction of sp³-hybridized carbons (Fsp3) is 0.562. The van der Waals surface area contributed by atoms with Gasteiger partial charge in [-0.2, -0.15) is 0 Å². The highest BCUT2D eigenvalue weighted by Gasteiger charge is 2.40.